The van der Waals surface area contributed by atoms with Crippen molar-refractivity contribution >= 4 is 16.9 Å². The van der Waals surface area contributed by atoms with Crippen molar-refractivity contribution in [1.29, 1.82) is 0 Å². The minimum absolute atomic E-state index is 0.000374. The van der Waals surface area contributed by atoms with Crippen LogP contribution in [0.15, 0.2) is 47.1 Å². The van der Waals surface area contributed by atoms with Gasteiger partial charge in [-0.1, -0.05) is 18.2 Å². The summed E-state index contributed by atoms with van der Waals surface area (Å²) in [6.07, 6.45) is 2.79. The third kappa shape index (κ3) is 3.00. The number of furan rings is 1. The van der Waals surface area contributed by atoms with Gasteiger partial charge < -0.3 is 14.5 Å². The summed E-state index contributed by atoms with van der Waals surface area (Å²) in [6.45, 7) is 4.76. The van der Waals surface area contributed by atoms with E-state index in [0.717, 1.165) is 34.3 Å². The van der Waals surface area contributed by atoms with Crippen LogP contribution >= 0.6 is 0 Å². The van der Waals surface area contributed by atoms with E-state index in [2.05, 4.69) is 25.2 Å². The fraction of sp³-hybridized carbons (Fsp3) is 0.286. The second-order valence-corrected chi connectivity index (χ2v) is 6.67. The van der Waals surface area contributed by atoms with Gasteiger partial charge in [0.15, 0.2) is 0 Å². The second-order valence-electron chi connectivity index (χ2n) is 6.67. The van der Waals surface area contributed by atoms with E-state index in [1.807, 2.05) is 30.3 Å². The zero-order valence-corrected chi connectivity index (χ0v) is 14.5. The molecule has 1 aliphatic heterocycles. The van der Waals surface area contributed by atoms with E-state index < -0.39 is 0 Å². The quantitative estimate of drug-likeness (QED) is 0.779. The normalized spacial score (nSPS) is 16.3. The van der Waals surface area contributed by atoms with Gasteiger partial charge in [-0.2, -0.15) is 0 Å². The predicted molar refractivity (Wildman–Crippen MR) is 96.8 cm³/mol. The number of amides is 1. The van der Waals surface area contributed by atoms with Crippen molar-refractivity contribution in [3.8, 4) is 5.75 Å². The molecular formula is C21H21NO3. The molecule has 4 nitrogen and oxygen atoms in total. The van der Waals surface area contributed by atoms with Crippen molar-refractivity contribution < 1.29 is 13.9 Å². The average Bonchev–Trinajstić information content (AvgIpc) is 2.97. The Morgan fingerprint density at radius 2 is 2.00 bits per heavy atom. The van der Waals surface area contributed by atoms with Crippen LogP contribution in [0.2, 0.25) is 0 Å². The highest BCUT2D eigenvalue weighted by molar-refractivity contribution is 5.88. The molecule has 0 bridgehead atoms. The Hall–Kier alpha value is -2.75. The standard InChI is InChI=1S/C21H21NO3/c1-13-9-17-15(12-25-20(17)10-14(13)2)11-21(23)22-18-7-8-24-19-6-4-3-5-16(18)19/h3-6,9-10,12,18H,7-8,11H2,1-2H3,(H,22,23)/t18-/m0/s1. The number of nitrogens with one attached hydrogen (secondary N) is 1. The molecule has 0 aliphatic carbocycles. The van der Waals surface area contributed by atoms with Gasteiger partial charge in [0.2, 0.25) is 5.91 Å². The van der Waals surface area contributed by atoms with E-state index in [0.29, 0.717) is 13.0 Å². The maximum absolute atomic E-state index is 12.6. The van der Waals surface area contributed by atoms with Crippen molar-refractivity contribution in [2.24, 2.45) is 0 Å². The van der Waals surface area contributed by atoms with Crippen LogP contribution in [-0.4, -0.2) is 12.5 Å². The van der Waals surface area contributed by atoms with E-state index in [4.69, 9.17) is 9.15 Å². The van der Waals surface area contributed by atoms with Crippen molar-refractivity contribution in [3.05, 3.63) is 64.9 Å². The number of ether oxygens (including phenoxy) is 1. The summed E-state index contributed by atoms with van der Waals surface area (Å²) in [5.41, 5.74) is 5.20. The van der Waals surface area contributed by atoms with Crippen LogP contribution in [0.3, 0.4) is 0 Å². The number of aryl methyl sites for hydroxylation is 2. The molecule has 25 heavy (non-hydrogen) atoms. The van der Waals surface area contributed by atoms with Crippen LogP contribution in [0, 0.1) is 13.8 Å². The molecule has 1 aromatic heterocycles. The van der Waals surface area contributed by atoms with Gasteiger partial charge >= 0.3 is 0 Å². The molecule has 1 aliphatic rings. The third-order valence-corrected chi connectivity index (χ3v) is 4.91. The van der Waals surface area contributed by atoms with Gasteiger partial charge in [0.25, 0.3) is 0 Å². The highest BCUT2D eigenvalue weighted by Gasteiger charge is 2.23. The minimum Gasteiger partial charge on any atom is -0.493 e. The number of fused-ring (bicyclic) bond motifs is 2. The molecule has 1 amide bonds. The lowest BCUT2D eigenvalue weighted by molar-refractivity contribution is -0.121. The number of carbonyl (C=O) groups is 1. The monoisotopic (exact) mass is 335 g/mol. The number of para-hydroxylation sites is 1. The highest BCUT2D eigenvalue weighted by Crippen LogP contribution is 2.32. The van der Waals surface area contributed by atoms with E-state index in [-0.39, 0.29) is 11.9 Å². The highest BCUT2D eigenvalue weighted by atomic mass is 16.5. The molecule has 3 aromatic rings. The molecule has 4 rings (SSSR count). The van der Waals surface area contributed by atoms with Crippen molar-refractivity contribution in [2.75, 3.05) is 6.61 Å². The number of hydrogen-bond donors (Lipinski definition) is 1. The Kier molecular flexibility index (Phi) is 3.96. The fourth-order valence-corrected chi connectivity index (χ4v) is 3.38. The lowest BCUT2D eigenvalue weighted by atomic mass is 10.00. The van der Waals surface area contributed by atoms with Crippen LogP contribution in [0.4, 0.5) is 0 Å². The molecule has 0 fully saturated rings. The maximum Gasteiger partial charge on any atom is 0.225 e. The first-order chi connectivity index (χ1) is 12.1. The topological polar surface area (TPSA) is 51.5 Å². The summed E-state index contributed by atoms with van der Waals surface area (Å²) in [5, 5.41) is 4.16. The molecule has 2 aromatic carbocycles. The van der Waals surface area contributed by atoms with Gasteiger partial charge in [-0.05, 0) is 43.2 Å². The molecule has 1 N–H and O–H groups in total. The molecule has 1 atom stereocenters. The smallest absolute Gasteiger partial charge is 0.225 e. The van der Waals surface area contributed by atoms with Crippen molar-refractivity contribution in [2.45, 2.75) is 32.7 Å². The van der Waals surface area contributed by atoms with Crippen molar-refractivity contribution in [1.82, 2.24) is 5.32 Å². The first-order valence-electron chi connectivity index (χ1n) is 8.60. The van der Waals surface area contributed by atoms with E-state index >= 15 is 0 Å². The molecule has 0 saturated carbocycles. The molecule has 4 heteroatoms. The van der Waals surface area contributed by atoms with Crippen LogP contribution in [0.5, 0.6) is 5.75 Å². The molecular weight excluding hydrogens is 314 g/mol. The van der Waals surface area contributed by atoms with Crippen LogP contribution in [0.1, 0.15) is 34.7 Å². The number of benzene rings is 2. The molecule has 0 unspecified atom stereocenters. The van der Waals surface area contributed by atoms with Crippen LogP contribution in [-0.2, 0) is 11.2 Å². The zero-order valence-electron chi connectivity index (χ0n) is 14.5. The first-order valence-corrected chi connectivity index (χ1v) is 8.60. The molecule has 128 valence electrons. The third-order valence-electron chi connectivity index (χ3n) is 4.91. The molecule has 0 radical (unpaired) electrons. The summed E-state index contributed by atoms with van der Waals surface area (Å²) in [5.74, 6) is 0.863. The minimum atomic E-state index is -0.000374. The Labute approximate surface area is 146 Å². The number of carbonyl (C=O) groups excluding carboxylic acids is 1. The Morgan fingerprint density at radius 3 is 2.88 bits per heavy atom. The zero-order chi connectivity index (χ0) is 17.4. The summed E-state index contributed by atoms with van der Waals surface area (Å²) < 4.78 is 11.3. The van der Waals surface area contributed by atoms with E-state index in [1.54, 1.807) is 6.26 Å². The van der Waals surface area contributed by atoms with Crippen molar-refractivity contribution in [3.63, 3.8) is 0 Å². The van der Waals surface area contributed by atoms with Gasteiger partial charge in [0, 0.05) is 22.9 Å². The predicted octanol–water partition coefficient (Wildman–Crippen LogP) is 4.23. The van der Waals surface area contributed by atoms with Gasteiger partial charge in [-0.3, -0.25) is 4.79 Å². The SMILES string of the molecule is Cc1cc2occ(CC(=O)N[C@H]3CCOc4ccccc43)c2cc1C. The van der Waals surface area contributed by atoms with Crippen LogP contribution in [0.25, 0.3) is 11.0 Å². The Balaban J connectivity index is 1.53. The van der Waals surface area contributed by atoms with Crippen LogP contribution < -0.4 is 10.1 Å². The van der Waals surface area contributed by atoms with Gasteiger partial charge in [-0.25, -0.2) is 0 Å². The number of hydrogen-bond acceptors (Lipinski definition) is 3. The Morgan fingerprint density at radius 1 is 1.20 bits per heavy atom. The first kappa shape index (κ1) is 15.8. The summed E-state index contributed by atoms with van der Waals surface area (Å²) in [6, 6.07) is 12.0. The summed E-state index contributed by atoms with van der Waals surface area (Å²) in [7, 11) is 0. The van der Waals surface area contributed by atoms with Gasteiger partial charge in [-0.15, -0.1) is 0 Å². The number of rotatable bonds is 3. The Bertz CT molecular complexity index is 941. The summed E-state index contributed by atoms with van der Waals surface area (Å²) in [4.78, 5) is 12.6. The largest absolute Gasteiger partial charge is 0.493 e. The van der Waals surface area contributed by atoms with Gasteiger partial charge in [0.05, 0.1) is 25.3 Å². The van der Waals surface area contributed by atoms with E-state index in [9.17, 15) is 4.79 Å². The lowest BCUT2D eigenvalue weighted by Crippen LogP contribution is -2.33. The summed E-state index contributed by atoms with van der Waals surface area (Å²) >= 11 is 0. The molecule has 2 heterocycles. The average molecular weight is 335 g/mol. The fourth-order valence-electron chi connectivity index (χ4n) is 3.38. The maximum atomic E-state index is 12.6. The van der Waals surface area contributed by atoms with Gasteiger partial charge in [0.1, 0.15) is 11.3 Å². The lowest BCUT2D eigenvalue weighted by Gasteiger charge is -2.26. The second kappa shape index (κ2) is 6.28. The molecule has 0 spiro atoms. The molecule has 0 saturated heterocycles. The van der Waals surface area contributed by atoms with E-state index in [1.165, 1.54) is 11.1 Å².